The van der Waals surface area contributed by atoms with Gasteiger partial charge in [-0.05, 0) is 37.3 Å². The van der Waals surface area contributed by atoms with Crippen LogP contribution in [0.4, 0.5) is 5.69 Å². The average molecular weight is 470 g/mol. The van der Waals surface area contributed by atoms with E-state index in [-0.39, 0.29) is 29.6 Å². The zero-order valence-corrected chi connectivity index (χ0v) is 19.0. The van der Waals surface area contributed by atoms with E-state index in [1.165, 1.54) is 38.3 Å². The van der Waals surface area contributed by atoms with Crippen molar-refractivity contribution in [1.82, 2.24) is 4.90 Å². The van der Waals surface area contributed by atoms with Crippen molar-refractivity contribution in [3.63, 3.8) is 0 Å². The number of anilines is 1. The second kappa shape index (κ2) is 11.8. The number of ether oxygens (including phenoxy) is 4. The summed E-state index contributed by atoms with van der Waals surface area (Å²) in [6.45, 7) is 2.75. The van der Waals surface area contributed by atoms with Crippen molar-refractivity contribution in [2.45, 2.75) is 6.92 Å². The Kier molecular flexibility index (Phi) is 8.58. The fourth-order valence-electron chi connectivity index (χ4n) is 3.18. The third-order valence-corrected chi connectivity index (χ3v) is 5.00. The van der Waals surface area contributed by atoms with Gasteiger partial charge in [0.25, 0.3) is 11.8 Å². The van der Waals surface area contributed by atoms with Crippen molar-refractivity contribution in [3.05, 3.63) is 53.6 Å². The van der Waals surface area contributed by atoms with Crippen molar-refractivity contribution in [2.75, 3.05) is 51.9 Å². The number of Topliss-reactive ketones (excluding diaryl/α,β-unsaturated/α-hetero) is 1. The second-order valence-electron chi connectivity index (χ2n) is 7.41. The van der Waals surface area contributed by atoms with Crippen LogP contribution in [-0.2, 0) is 19.1 Å². The Labute approximate surface area is 196 Å². The summed E-state index contributed by atoms with van der Waals surface area (Å²) in [6, 6.07) is 10.8. The zero-order chi connectivity index (χ0) is 24.5. The van der Waals surface area contributed by atoms with Crippen LogP contribution < -0.4 is 14.8 Å². The molecular weight excluding hydrogens is 444 g/mol. The molecule has 1 aliphatic rings. The van der Waals surface area contributed by atoms with Crippen LogP contribution in [0.3, 0.4) is 0 Å². The molecule has 0 aliphatic carbocycles. The number of esters is 1. The van der Waals surface area contributed by atoms with E-state index in [0.717, 1.165) is 0 Å². The van der Waals surface area contributed by atoms with E-state index < -0.39 is 18.5 Å². The number of benzene rings is 2. The van der Waals surface area contributed by atoms with Gasteiger partial charge in [0, 0.05) is 24.3 Å². The maximum atomic E-state index is 12.4. The van der Waals surface area contributed by atoms with Gasteiger partial charge in [0.05, 0.1) is 25.9 Å². The van der Waals surface area contributed by atoms with Crippen LogP contribution in [0.5, 0.6) is 11.5 Å². The number of rotatable bonds is 9. The van der Waals surface area contributed by atoms with Gasteiger partial charge < -0.3 is 29.2 Å². The molecule has 1 fully saturated rings. The summed E-state index contributed by atoms with van der Waals surface area (Å²) >= 11 is 0. The van der Waals surface area contributed by atoms with Crippen LogP contribution in [0.1, 0.15) is 27.6 Å². The number of methoxy groups -OCH3 is 1. The maximum Gasteiger partial charge on any atom is 0.338 e. The maximum absolute atomic E-state index is 12.4. The van der Waals surface area contributed by atoms with Crippen molar-refractivity contribution in [2.24, 2.45) is 0 Å². The minimum absolute atomic E-state index is 0.130. The van der Waals surface area contributed by atoms with Crippen LogP contribution in [0.2, 0.25) is 0 Å². The van der Waals surface area contributed by atoms with Crippen molar-refractivity contribution in [1.29, 1.82) is 0 Å². The quantitative estimate of drug-likeness (QED) is 0.436. The Morgan fingerprint density at radius 1 is 0.971 bits per heavy atom. The van der Waals surface area contributed by atoms with Gasteiger partial charge in [0.2, 0.25) is 0 Å². The molecule has 0 atom stereocenters. The molecule has 0 radical (unpaired) electrons. The number of carbonyl (C=O) groups is 4. The summed E-state index contributed by atoms with van der Waals surface area (Å²) in [5.74, 6) is -1.05. The monoisotopic (exact) mass is 470 g/mol. The van der Waals surface area contributed by atoms with Crippen LogP contribution in [-0.4, -0.2) is 75.1 Å². The van der Waals surface area contributed by atoms with Gasteiger partial charge in [-0.15, -0.1) is 0 Å². The van der Waals surface area contributed by atoms with E-state index in [2.05, 4.69) is 5.32 Å². The minimum Gasteiger partial charge on any atom is -0.493 e. The molecule has 2 aromatic carbocycles. The third kappa shape index (κ3) is 6.79. The van der Waals surface area contributed by atoms with Crippen LogP contribution in [0.25, 0.3) is 0 Å². The van der Waals surface area contributed by atoms with E-state index in [9.17, 15) is 19.2 Å². The fourth-order valence-corrected chi connectivity index (χ4v) is 3.18. The van der Waals surface area contributed by atoms with Gasteiger partial charge >= 0.3 is 5.97 Å². The number of hydrogen-bond acceptors (Lipinski definition) is 8. The van der Waals surface area contributed by atoms with Crippen molar-refractivity contribution >= 4 is 29.3 Å². The molecule has 3 rings (SSSR count). The number of hydrogen-bond donors (Lipinski definition) is 1. The Bertz CT molecular complexity index is 1060. The lowest BCUT2D eigenvalue weighted by molar-refractivity contribution is -0.137. The highest BCUT2D eigenvalue weighted by atomic mass is 16.5. The molecule has 34 heavy (non-hydrogen) atoms. The number of nitrogens with one attached hydrogen (secondary N) is 1. The van der Waals surface area contributed by atoms with Gasteiger partial charge in [-0.25, -0.2) is 4.79 Å². The van der Waals surface area contributed by atoms with E-state index in [1.807, 2.05) is 0 Å². The van der Waals surface area contributed by atoms with Crippen LogP contribution >= 0.6 is 0 Å². The predicted octanol–water partition coefficient (Wildman–Crippen LogP) is 1.93. The van der Waals surface area contributed by atoms with E-state index in [4.69, 9.17) is 18.9 Å². The number of nitrogens with zero attached hydrogens (tertiary/aromatic N) is 1. The van der Waals surface area contributed by atoms with Gasteiger partial charge in [-0.1, -0.05) is 12.1 Å². The Balaban J connectivity index is 1.53. The number of ketones is 1. The number of carbonyl (C=O) groups excluding carboxylic acids is 4. The first-order chi connectivity index (χ1) is 16.4. The highest BCUT2D eigenvalue weighted by Crippen LogP contribution is 2.28. The van der Waals surface area contributed by atoms with Gasteiger partial charge in [-0.3, -0.25) is 14.4 Å². The normalized spacial score (nSPS) is 13.1. The number of morpholine rings is 1. The summed E-state index contributed by atoms with van der Waals surface area (Å²) < 4.78 is 21.1. The first-order valence-corrected chi connectivity index (χ1v) is 10.6. The molecule has 0 saturated carbocycles. The molecular formula is C24H26N2O8. The molecule has 0 unspecified atom stereocenters. The Morgan fingerprint density at radius 2 is 1.74 bits per heavy atom. The van der Waals surface area contributed by atoms with Gasteiger partial charge in [-0.2, -0.15) is 0 Å². The standard InChI is InChI=1S/C24H26N2O8/c1-16(27)17-4-3-5-19(12-17)25-22(28)14-34-24(30)18-6-7-20(21(13-18)31-2)33-15-23(29)26-8-10-32-11-9-26/h3-7,12-13H,8-11,14-15H2,1-2H3,(H,25,28). The molecule has 180 valence electrons. The minimum atomic E-state index is -0.734. The topological polar surface area (TPSA) is 120 Å². The predicted molar refractivity (Wildman–Crippen MR) is 121 cm³/mol. The van der Waals surface area contributed by atoms with Crippen molar-refractivity contribution in [3.8, 4) is 11.5 Å². The van der Waals surface area contributed by atoms with Crippen molar-refractivity contribution < 1.29 is 38.1 Å². The molecule has 1 aliphatic heterocycles. The molecule has 2 amide bonds. The lowest BCUT2D eigenvalue weighted by atomic mass is 10.1. The summed E-state index contributed by atoms with van der Waals surface area (Å²) in [4.78, 5) is 49.9. The molecule has 0 aromatic heterocycles. The smallest absolute Gasteiger partial charge is 0.338 e. The molecule has 2 aromatic rings. The third-order valence-electron chi connectivity index (χ3n) is 5.00. The van der Waals surface area contributed by atoms with Gasteiger partial charge in [0.1, 0.15) is 0 Å². The van der Waals surface area contributed by atoms with Crippen LogP contribution in [0, 0.1) is 0 Å². The Hall–Kier alpha value is -3.92. The zero-order valence-electron chi connectivity index (χ0n) is 19.0. The van der Waals surface area contributed by atoms with E-state index in [0.29, 0.717) is 43.3 Å². The highest BCUT2D eigenvalue weighted by molar-refractivity contribution is 5.98. The van der Waals surface area contributed by atoms with Gasteiger partial charge in [0.15, 0.2) is 30.5 Å². The fraction of sp³-hybridized carbons (Fsp3) is 0.333. The lowest BCUT2D eigenvalue weighted by Crippen LogP contribution is -2.43. The molecule has 1 N–H and O–H groups in total. The first-order valence-electron chi connectivity index (χ1n) is 10.6. The molecule has 1 heterocycles. The molecule has 1 saturated heterocycles. The molecule has 0 bridgehead atoms. The summed E-state index contributed by atoms with van der Waals surface area (Å²) in [7, 11) is 1.41. The highest BCUT2D eigenvalue weighted by Gasteiger charge is 2.19. The first kappa shape index (κ1) is 24.7. The molecule has 10 nitrogen and oxygen atoms in total. The van der Waals surface area contributed by atoms with E-state index >= 15 is 0 Å². The average Bonchev–Trinajstić information content (AvgIpc) is 2.86. The van der Waals surface area contributed by atoms with Crippen LogP contribution in [0.15, 0.2) is 42.5 Å². The lowest BCUT2D eigenvalue weighted by Gasteiger charge is -2.26. The summed E-state index contributed by atoms with van der Waals surface area (Å²) in [5.41, 5.74) is 1.02. The second-order valence-corrected chi connectivity index (χ2v) is 7.41. The summed E-state index contributed by atoms with van der Waals surface area (Å²) in [5, 5.41) is 2.57. The SMILES string of the molecule is COc1cc(C(=O)OCC(=O)Nc2cccc(C(C)=O)c2)ccc1OCC(=O)N1CCOCC1. The molecule has 0 spiro atoms. The van der Waals surface area contributed by atoms with E-state index in [1.54, 1.807) is 23.1 Å². The number of amides is 2. The Morgan fingerprint density at radius 3 is 2.44 bits per heavy atom. The largest absolute Gasteiger partial charge is 0.493 e. The molecule has 10 heteroatoms. The summed E-state index contributed by atoms with van der Waals surface area (Å²) in [6.07, 6.45) is 0.